The van der Waals surface area contributed by atoms with E-state index in [9.17, 15) is 14.4 Å². The van der Waals surface area contributed by atoms with Gasteiger partial charge in [-0.25, -0.2) is 0 Å². The number of hydrogen-bond acceptors (Lipinski definition) is 6. The molecule has 1 aliphatic heterocycles. The average Bonchev–Trinajstić information content (AvgIpc) is 3.48. The van der Waals surface area contributed by atoms with Crippen LogP contribution in [0.15, 0.2) is 24.3 Å². The topological polar surface area (TPSA) is 104 Å². The lowest BCUT2D eigenvalue weighted by Crippen LogP contribution is -2.40. The predicted octanol–water partition coefficient (Wildman–Crippen LogP) is 3.40. The standard InChI is InChI=1S/C23H29N5O3S/c1-15-6-8-18(9-7-15)25-20(30)21-26-27-22(32-21)23(31)28-12-10-16(11-13-28)14-19(29)24-17-4-2-3-5-17/h6-9,16-17H,2-5,10-14H2,1H3,(H,24,29)(H,25,30). The van der Waals surface area contributed by atoms with Crippen LogP contribution >= 0.6 is 11.3 Å². The molecular formula is C23H29N5O3S. The third-order valence-corrected chi connectivity index (χ3v) is 7.12. The number of rotatable bonds is 6. The molecule has 3 amide bonds. The Bertz CT molecular complexity index is 960. The fraction of sp³-hybridized carbons (Fsp3) is 0.522. The zero-order chi connectivity index (χ0) is 22.5. The Balaban J connectivity index is 1.25. The Kier molecular flexibility index (Phi) is 7.14. The monoisotopic (exact) mass is 455 g/mol. The van der Waals surface area contributed by atoms with E-state index in [1.165, 1.54) is 12.8 Å². The van der Waals surface area contributed by atoms with Crippen LogP contribution in [0.1, 0.15) is 70.1 Å². The maximum Gasteiger partial charge on any atom is 0.286 e. The molecule has 1 saturated heterocycles. The lowest BCUT2D eigenvalue weighted by Gasteiger charge is -2.31. The van der Waals surface area contributed by atoms with Crippen LogP contribution in [0.4, 0.5) is 5.69 Å². The second kappa shape index (κ2) is 10.2. The van der Waals surface area contributed by atoms with Crippen molar-refractivity contribution in [3.8, 4) is 0 Å². The first-order valence-electron chi connectivity index (χ1n) is 11.3. The smallest absolute Gasteiger partial charge is 0.286 e. The van der Waals surface area contributed by atoms with Crippen LogP contribution < -0.4 is 10.6 Å². The van der Waals surface area contributed by atoms with Gasteiger partial charge in [-0.15, -0.1) is 10.2 Å². The Labute approximate surface area is 191 Å². The highest BCUT2D eigenvalue weighted by Crippen LogP contribution is 2.24. The minimum atomic E-state index is -0.377. The van der Waals surface area contributed by atoms with Gasteiger partial charge in [0.1, 0.15) is 0 Å². The van der Waals surface area contributed by atoms with Gasteiger partial charge in [-0.3, -0.25) is 14.4 Å². The molecule has 8 nitrogen and oxygen atoms in total. The number of benzene rings is 1. The maximum absolute atomic E-state index is 12.8. The van der Waals surface area contributed by atoms with E-state index >= 15 is 0 Å². The van der Waals surface area contributed by atoms with E-state index in [1.807, 2.05) is 31.2 Å². The van der Waals surface area contributed by atoms with E-state index in [1.54, 1.807) is 4.90 Å². The van der Waals surface area contributed by atoms with Crippen molar-refractivity contribution in [3.63, 3.8) is 0 Å². The van der Waals surface area contributed by atoms with Gasteiger partial charge in [-0.2, -0.15) is 0 Å². The van der Waals surface area contributed by atoms with E-state index in [-0.39, 0.29) is 27.7 Å². The van der Waals surface area contributed by atoms with E-state index in [0.29, 0.717) is 37.2 Å². The second-order valence-electron chi connectivity index (χ2n) is 8.72. The molecule has 2 heterocycles. The second-order valence-corrected chi connectivity index (χ2v) is 9.70. The van der Waals surface area contributed by atoms with Gasteiger partial charge in [-0.05, 0) is 50.7 Å². The maximum atomic E-state index is 12.8. The molecule has 1 aliphatic carbocycles. The van der Waals surface area contributed by atoms with Crippen molar-refractivity contribution in [2.75, 3.05) is 18.4 Å². The number of amides is 3. The van der Waals surface area contributed by atoms with E-state index in [2.05, 4.69) is 20.8 Å². The fourth-order valence-electron chi connectivity index (χ4n) is 4.32. The number of hydrogen-bond donors (Lipinski definition) is 2. The van der Waals surface area contributed by atoms with E-state index in [4.69, 9.17) is 0 Å². The molecule has 1 aromatic carbocycles. The third kappa shape index (κ3) is 5.70. The van der Waals surface area contributed by atoms with Gasteiger partial charge in [0.2, 0.25) is 15.9 Å². The molecule has 0 spiro atoms. The Morgan fingerprint density at radius 1 is 1.00 bits per heavy atom. The molecule has 0 unspecified atom stereocenters. The minimum absolute atomic E-state index is 0.134. The highest BCUT2D eigenvalue weighted by molar-refractivity contribution is 7.15. The summed E-state index contributed by atoms with van der Waals surface area (Å²) >= 11 is 1.00. The first-order valence-corrected chi connectivity index (χ1v) is 12.1. The molecular weight excluding hydrogens is 426 g/mol. The molecule has 1 aromatic heterocycles. The van der Waals surface area contributed by atoms with Crippen molar-refractivity contribution < 1.29 is 14.4 Å². The first-order chi connectivity index (χ1) is 15.5. The van der Waals surface area contributed by atoms with Crippen molar-refractivity contribution in [2.24, 2.45) is 5.92 Å². The quantitative estimate of drug-likeness (QED) is 0.695. The van der Waals surface area contributed by atoms with Crippen LogP contribution in [0.5, 0.6) is 0 Å². The van der Waals surface area contributed by atoms with Crippen LogP contribution in [-0.2, 0) is 4.79 Å². The summed E-state index contributed by atoms with van der Waals surface area (Å²) in [6.45, 7) is 3.15. The summed E-state index contributed by atoms with van der Waals surface area (Å²) in [6.07, 6.45) is 6.70. The molecule has 2 aromatic rings. The summed E-state index contributed by atoms with van der Waals surface area (Å²) < 4.78 is 0. The van der Waals surface area contributed by atoms with Crippen LogP contribution in [-0.4, -0.2) is 52.0 Å². The molecule has 2 N–H and O–H groups in total. The summed E-state index contributed by atoms with van der Waals surface area (Å²) in [5, 5.41) is 14.1. The lowest BCUT2D eigenvalue weighted by molar-refractivity contribution is -0.123. The molecule has 0 bridgehead atoms. The molecule has 9 heteroatoms. The molecule has 0 atom stereocenters. The molecule has 32 heavy (non-hydrogen) atoms. The van der Waals surface area contributed by atoms with Gasteiger partial charge in [0.05, 0.1) is 0 Å². The summed E-state index contributed by atoms with van der Waals surface area (Å²) in [4.78, 5) is 39.2. The zero-order valence-electron chi connectivity index (χ0n) is 18.3. The van der Waals surface area contributed by atoms with Gasteiger partial charge in [0.15, 0.2) is 0 Å². The molecule has 4 rings (SSSR count). The van der Waals surface area contributed by atoms with E-state index < -0.39 is 0 Å². The number of aromatic nitrogens is 2. The van der Waals surface area contributed by atoms with Crippen LogP contribution in [0.3, 0.4) is 0 Å². The SMILES string of the molecule is Cc1ccc(NC(=O)c2nnc(C(=O)N3CCC(CC(=O)NC4CCCC4)CC3)s2)cc1. The van der Waals surface area contributed by atoms with Crippen molar-refractivity contribution >= 4 is 34.7 Å². The summed E-state index contributed by atoms with van der Waals surface area (Å²) in [6, 6.07) is 7.80. The minimum Gasteiger partial charge on any atom is -0.353 e. The molecule has 1 saturated carbocycles. The number of nitrogens with one attached hydrogen (secondary N) is 2. The fourth-order valence-corrected chi connectivity index (χ4v) is 5.02. The number of likely N-dealkylation sites (tertiary alicyclic amines) is 1. The zero-order valence-corrected chi connectivity index (χ0v) is 19.1. The van der Waals surface area contributed by atoms with Crippen LogP contribution in [0, 0.1) is 12.8 Å². The number of nitrogens with zero attached hydrogens (tertiary/aromatic N) is 3. The largest absolute Gasteiger partial charge is 0.353 e. The number of carbonyl (C=O) groups is 3. The number of aryl methyl sites for hydroxylation is 1. The highest BCUT2D eigenvalue weighted by Gasteiger charge is 2.28. The van der Waals surface area contributed by atoms with Crippen molar-refractivity contribution in [2.45, 2.75) is 57.9 Å². The van der Waals surface area contributed by atoms with Crippen LogP contribution in [0.2, 0.25) is 0 Å². The number of piperidine rings is 1. The number of carbonyl (C=O) groups excluding carboxylic acids is 3. The Morgan fingerprint density at radius 2 is 1.66 bits per heavy atom. The van der Waals surface area contributed by atoms with E-state index in [0.717, 1.165) is 42.6 Å². The lowest BCUT2D eigenvalue weighted by atomic mass is 9.93. The third-order valence-electron chi connectivity index (χ3n) is 6.21. The Hall–Kier alpha value is -2.81. The van der Waals surface area contributed by atoms with Gasteiger partial charge in [-0.1, -0.05) is 41.9 Å². The van der Waals surface area contributed by atoms with Gasteiger partial charge in [0.25, 0.3) is 11.8 Å². The van der Waals surface area contributed by atoms with Gasteiger partial charge in [0, 0.05) is 31.2 Å². The van der Waals surface area contributed by atoms with Crippen LogP contribution in [0.25, 0.3) is 0 Å². The summed E-state index contributed by atoms with van der Waals surface area (Å²) in [5.41, 5.74) is 1.77. The number of anilines is 1. The van der Waals surface area contributed by atoms with Crippen molar-refractivity contribution in [3.05, 3.63) is 39.8 Å². The molecule has 2 fully saturated rings. The predicted molar refractivity (Wildman–Crippen MR) is 123 cm³/mol. The van der Waals surface area contributed by atoms with Gasteiger partial charge < -0.3 is 15.5 Å². The summed E-state index contributed by atoms with van der Waals surface area (Å²) in [5.74, 6) is -0.149. The van der Waals surface area contributed by atoms with Crippen molar-refractivity contribution in [1.29, 1.82) is 0 Å². The molecule has 2 aliphatic rings. The average molecular weight is 456 g/mol. The highest BCUT2D eigenvalue weighted by atomic mass is 32.1. The first kappa shape index (κ1) is 22.4. The molecule has 0 radical (unpaired) electrons. The van der Waals surface area contributed by atoms with Gasteiger partial charge >= 0.3 is 0 Å². The molecule has 170 valence electrons. The normalized spacial score (nSPS) is 17.3. The Morgan fingerprint density at radius 3 is 2.34 bits per heavy atom. The summed E-state index contributed by atoms with van der Waals surface area (Å²) in [7, 11) is 0. The van der Waals surface area contributed by atoms with Crippen molar-refractivity contribution in [1.82, 2.24) is 20.4 Å².